The van der Waals surface area contributed by atoms with Crippen LogP contribution in [0.2, 0.25) is 10.0 Å². The van der Waals surface area contributed by atoms with Gasteiger partial charge in [-0.05, 0) is 37.7 Å². The molecule has 3 N–H and O–H groups in total. The maximum atomic E-state index is 10.5. The first-order chi connectivity index (χ1) is 9.43. The molecular formula is C14H21Cl2N3O. The second kappa shape index (κ2) is 6.37. The summed E-state index contributed by atoms with van der Waals surface area (Å²) in [6, 6.07) is 1.65. The van der Waals surface area contributed by atoms with Crippen molar-refractivity contribution in [2.75, 3.05) is 24.2 Å². The van der Waals surface area contributed by atoms with Crippen LogP contribution in [0.3, 0.4) is 0 Å². The third-order valence-corrected chi connectivity index (χ3v) is 4.53. The van der Waals surface area contributed by atoms with Crippen molar-refractivity contribution in [3.05, 3.63) is 16.1 Å². The van der Waals surface area contributed by atoms with Gasteiger partial charge in [0.1, 0.15) is 11.6 Å². The van der Waals surface area contributed by atoms with Gasteiger partial charge < -0.3 is 15.7 Å². The van der Waals surface area contributed by atoms with E-state index in [9.17, 15) is 5.11 Å². The number of rotatable bonds is 4. The zero-order chi connectivity index (χ0) is 14.8. The van der Waals surface area contributed by atoms with Gasteiger partial charge >= 0.3 is 0 Å². The molecule has 1 aromatic rings. The molecule has 0 unspecified atom stereocenters. The Morgan fingerprint density at radius 2 is 1.90 bits per heavy atom. The van der Waals surface area contributed by atoms with Crippen LogP contribution in [-0.4, -0.2) is 29.3 Å². The summed E-state index contributed by atoms with van der Waals surface area (Å²) in [5.41, 5.74) is -0.670. The summed E-state index contributed by atoms with van der Waals surface area (Å²) in [5.74, 6) is 1.82. The number of hydrogen-bond donors (Lipinski definition) is 3. The minimum Gasteiger partial charge on any atom is -0.388 e. The largest absolute Gasteiger partial charge is 0.388 e. The molecule has 1 aliphatic rings. The Labute approximate surface area is 129 Å². The quantitative estimate of drug-likeness (QED) is 0.791. The van der Waals surface area contributed by atoms with Gasteiger partial charge in [-0.15, -0.1) is 0 Å². The molecule has 2 rings (SSSR count). The molecule has 0 amide bonds. The number of anilines is 2. The van der Waals surface area contributed by atoms with Crippen molar-refractivity contribution in [3.8, 4) is 0 Å². The highest BCUT2D eigenvalue weighted by atomic mass is 35.5. The van der Waals surface area contributed by atoms with Crippen molar-refractivity contribution < 1.29 is 5.11 Å². The van der Waals surface area contributed by atoms with Gasteiger partial charge in [0.15, 0.2) is 0 Å². The van der Waals surface area contributed by atoms with Crippen molar-refractivity contribution in [1.82, 2.24) is 4.98 Å². The van der Waals surface area contributed by atoms with Crippen molar-refractivity contribution in [1.29, 1.82) is 0 Å². The SMILES string of the molecule is CNc1nc(NCC2(O)CCC(C)CC2)c(Cl)cc1Cl. The number of nitrogens with zero attached hydrogens (tertiary/aromatic N) is 1. The molecule has 0 bridgehead atoms. The number of aliphatic hydroxyl groups is 1. The second-order valence-corrected chi connectivity index (χ2v) is 6.47. The summed E-state index contributed by atoms with van der Waals surface area (Å²) in [6.07, 6.45) is 3.74. The number of aromatic nitrogens is 1. The van der Waals surface area contributed by atoms with Crippen LogP contribution in [0.4, 0.5) is 11.6 Å². The van der Waals surface area contributed by atoms with E-state index in [1.807, 2.05) is 0 Å². The van der Waals surface area contributed by atoms with Gasteiger partial charge in [-0.2, -0.15) is 0 Å². The molecule has 0 spiro atoms. The Hall–Kier alpha value is -0.710. The second-order valence-electron chi connectivity index (χ2n) is 5.66. The van der Waals surface area contributed by atoms with Crippen molar-refractivity contribution in [2.24, 2.45) is 5.92 Å². The topological polar surface area (TPSA) is 57.2 Å². The lowest BCUT2D eigenvalue weighted by molar-refractivity contribution is 0.00495. The Kier molecular flexibility index (Phi) is 4.99. The summed E-state index contributed by atoms with van der Waals surface area (Å²) >= 11 is 12.1. The monoisotopic (exact) mass is 317 g/mol. The molecule has 20 heavy (non-hydrogen) atoms. The maximum Gasteiger partial charge on any atom is 0.147 e. The van der Waals surface area contributed by atoms with Crippen molar-refractivity contribution in [3.63, 3.8) is 0 Å². The van der Waals surface area contributed by atoms with E-state index in [0.717, 1.165) is 25.7 Å². The fourth-order valence-electron chi connectivity index (χ4n) is 2.49. The predicted octanol–water partition coefficient (Wildman–Crippen LogP) is 3.78. The number of nitrogens with one attached hydrogen (secondary N) is 2. The third-order valence-electron chi connectivity index (χ3n) is 3.96. The van der Waals surface area contributed by atoms with Crippen LogP contribution in [0.25, 0.3) is 0 Å². The van der Waals surface area contributed by atoms with Gasteiger partial charge in [-0.25, -0.2) is 4.98 Å². The zero-order valence-corrected chi connectivity index (χ0v) is 13.4. The van der Waals surface area contributed by atoms with Gasteiger partial charge in [0.05, 0.1) is 15.6 Å². The molecule has 0 atom stereocenters. The van der Waals surface area contributed by atoms with Gasteiger partial charge in [0.25, 0.3) is 0 Å². The predicted molar refractivity (Wildman–Crippen MR) is 84.9 cm³/mol. The van der Waals surface area contributed by atoms with E-state index in [2.05, 4.69) is 22.5 Å². The summed E-state index contributed by atoms with van der Waals surface area (Å²) in [6.45, 7) is 2.68. The maximum absolute atomic E-state index is 10.5. The molecule has 1 aromatic heterocycles. The summed E-state index contributed by atoms with van der Waals surface area (Å²) < 4.78 is 0. The lowest BCUT2D eigenvalue weighted by Gasteiger charge is -2.35. The van der Waals surface area contributed by atoms with E-state index in [1.165, 1.54) is 0 Å². The van der Waals surface area contributed by atoms with Crippen LogP contribution < -0.4 is 10.6 Å². The smallest absolute Gasteiger partial charge is 0.147 e. The fourth-order valence-corrected chi connectivity index (χ4v) is 3.01. The van der Waals surface area contributed by atoms with E-state index < -0.39 is 5.60 Å². The molecule has 1 heterocycles. The number of hydrogen-bond acceptors (Lipinski definition) is 4. The van der Waals surface area contributed by atoms with Crippen LogP contribution in [0.5, 0.6) is 0 Å². The average molecular weight is 318 g/mol. The minimum atomic E-state index is -0.670. The fraction of sp³-hybridized carbons (Fsp3) is 0.643. The zero-order valence-electron chi connectivity index (χ0n) is 11.8. The molecule has 112 valence electrons. The number of pyridine rings is 1. The molecule has 0 radical (unpaired) electrons. The molecule has 1 fully saturated rings. The minimum absolute atomic E-state index is 0.456. The Balaban J connectivity index is 2.03. The molecule has 0 aliphatic heterocycles. The van der Waals surface area contributed by atoms with E-state index in [0.29, 0.717) is 34.1 Å². The summed E-state index contributed by atoms with van der Waals surface area (Å²) in [4.78, 5) is 4.32. The molecule has 4 nitrogen and oxygen atoms in total. The first kappa shape index (κ1) is 15.7. The summed E-state index contributed by atoms with van der Waals surface area (Å²) in [5, 5.41) is 17.5. The highest BCUT2D eigenvalue weighted by Crippen LogP contribution is 2.33. The molecule has 1 saturated carbocycles. The van der Waals surface area contributed by atoms with Crippen molar-refractivity contribution in [2.45, 2.75) is 38.2 Å². The van der Waals surface area contributed by atoms with Crippen LogP contribution in [0, 0.1) is 5.92 Å². The third kappa shape index (κ3) is 3.68. The van der Waals surface area contributed by atoms with Gasteiger partial charge in [-0.3, -0.25) is 0 Å². The molecule has 0 saturated heterocycles. The Morgan fingerprint density at radius 3 is 2.50 bits per heavy atom. The van der Waals surface area contributed by atoms with Crippen molar-refractivity contribution >= 4 is 34.8 Å². The van der Waals surface area contributed by atoms with E-state index in [1.54, 1.807) is 13.1 Å². The van der Waals surface area contributed by atoms with E-state index in [-0.39, 0.29) is 0 Å². The molecule has 0 aromatic carbocycles. The first-order valence-electron chi connectivity index (χ1n) is 6.93. The van der Waals surface area contributed by atoms with Crippen LogP contribution >= 0.6 is 23.2 Å². The van der Waals surface area contributed by atoms with E-state index >= 15 is 0 Å². The normalized spacial score (nSPS) is 26.4. The first-order valence-corrected chi connectivity index (χ1v) is 7.69. The highest BCUT2D eigenvalue weighted by Gasteiger charge is 2.31. The van der Waals surface area contributed by atoms with Crippen LogP contribution in [0.1, 0.15) is 32.6 Å². The Morgan fingerprint density at radius 1 is 1.30 bits per heavy atom. The van der Waals surface area contributed by atoms with Gasteiger partial charge in [0.2, 0.25) is 0 Å². The van der Waals surface area contributed by atoms with Crippen LogP contribution in [-0.2, 0) is 0 Å². The highest BCUT2D eigenvalue weighted by molar-refractivity contribution is 6.37. The van der Waals surface area contributed by atoms with Crippen LogP contribution in [0.15, 0.2) is 6.07 Å². The molecule has 6 heteroatoms. The number of halogens is 2. The lowest BCUT2D eigenvalue weighted by Crippen LogP contribution is -2.40. The molecular weight excluding hydrogens is 297 g/mol. The van der Waals surface area contributed by atoms with Gasteiger partial charge in [-0.1, -0.05) is 30.1 Å². The van der Waals surface area contributed by atoms with Gasteiger partial charge in [0, 0.05) is 13.6 Å². The molecule has 1 aliphatic carbocycles. The standard InChI is InChI=1S/C14H21Cl2N3O/c1-9-3-5-14(20,6-4-9)8-18-13-11(16)7-10(15)12(17-2)19-13/h7,9,20H,3-6,8H2,1-2H3,(H2,17,18,19). The lowest BCUT2D eigenvalue weighted by atomic mass is 9.79. The van der Waals surface area contributed by atoms with E-state index in [4.69, 9.17) is 23.2 Å². The summed E-state index contributed by atoms with van der Waals surface area (Å²) in [7, 11) is 1.75. The Bertz CT molecular complexity index is 474. The average Bonchev–Trinajstić information content (AvgIpc) is 2.42.